The molecule has 0 aromatic heterocycles. The second-order valence-corrected chi connectivity index (χ2v) is 5.00. The van der Waals surface area contributed by atoms with E-state index in [9.17, 15) is 0 Å². The summed E-state index contributed by atoms with van der Waals surface area (Å²) >= 11 is 0. The van der Waals surface area contributed by atoms with E-state index in [0.717, 1.165) is 31.4 Å². The van der Waals surface area contributed by atoms with Crippen molar-refractivity contribution in [1.29, 1.82) is 0 Å². The minimum atomic E-state index is 0.746. The highest BCUT2D eigenvalue weighted by molar-refractivity contribution is 5.45. The van der Waals surface area contributed by atoms with Gasteiger partial charge >= 0.3 is 0 Å². The van der Waals surface area contributed by atoms with Gasteiger partial charge < -0.3 is 10.1 Å². The highest BCUT2D eigenvalue weighted by Gasteiger charge is 2.21. The van der Waals surface area contributed by atoms with Gasteiger partial charge in [-0.15, -0.1) is 0 Å². The number of hydrogen-bond donors (Lipinski definition) is 1. The van der Waals surface area contributed by atoms with Gasteiger partial charge in [-0.2, -0.15) is 0 Å². The highest BCUT2D eigenvalue weighted by atomic mass is 16.5. The molecular formula is C15H23NO. The minimum absolute atomic E-state index is 0.746. The second kappa shape index (κ2) is 5.54. The van der Waals surface area contributed by atoms with E-state index in [-0.39, 0.29) is 0 Å². The largest absolute Gasteiger partial charge is 0.493 e. The Morgan fingerprint density at radius 1 is 1.29 bits per heavy atom. The standard InChI is InChI=1S/C15H23NO/c1-4-9-17-15-12(3)11(2)5-6-13(15)10-16-14-7-8-14/h5-6,14,16H,4,7-10H2,1-3H3. The number of rotatable bonds is 6. The summed E-state index contributed by atoms with van der Waals surface area (Å²) < 4.78 is 5.91. The zero-order valence-electron chi connectivity index (χ0n) is 11.2. The second-order valence-electron chi connectivity index (χ2n) is 5.00. The van der Waals surface area contributed by atoms with Crippen LogP contribution in [-0.2, 0) is 6.54 Å². The monoisotopic (exact) mass is 233 g/mol. The Balaban J connectivity index is 2.12. The van der Waals surface area contributed by atoms with Gasteiger partial charge in [-0.3, -0.25) is 0 Å². The SMILES string of the molecule is CCCOc1c(CNC2CC2)ccc(C)c1C. The minimum Gasteiger partial charge on any atom is -0.493 e. The van der Waals surface area contributed by atoms with E-state index >= 15 is 0 Å². The van der Waals surface area contributed by atoms with Crippen molar-refractivity contribution in [2.24, 2.45) is 0 Å². The maximum Gasteiger partial charge on any atom is 0.126 e. The summed E-state index contributed by atoms with van der Waals surface area (Å²) in [6.07, 6.45) is 3.72. The summed E-state index contributed by atoms with van der Waals surface area (Å²) in [5.41, 5.74) is 3.90. The average molecular weight is 233 g/mol. The van der Waals surface area contributed by atoms with Crippen molar-refractivity contribution in [2.45, 2.75) is 52.6 Å². The average Bonchev–Trinajstić information content (AvgIpc) is 3.13. The normalized spacial score (nSPS) is 15.0. The molecule has 1 N–H and O–H groups in total. The van der Waals surface area contributed by atoms with Crippen LogP contribution in [0, 0.1) is 13.8 Å². The van der Waals surface area contributed by atoms with Crippen LogP contribution >= 0.6 is 0 Å². The fourth-order valence-electron chi connectivity index (χ4n) is 1.93. The maximum atomic E-state index is 5.91. The molecule has 0 saturated heterocycles. The van der Waals surface area contributed by atoms with Crippen LogP contribution in [0.1, 0.15) is 42.9 Å². The molecule has 1 aliphatic carbocycles. The molecule has 2 nitrogen and oxygen atoms in total. The number of benzene rings is 1. The predicted molar refractivity (Wildman–Crippen MR) is 71.6 cm³/mol. The highest BCUT2D eigenvalue weighted by Crippen LogP contribution is 2.28. The molecular weight excluding hydrogens is 210 g/mol. The van der Waals surface area contributed by atoms with Gasteiger partial charge in [-0.05, 0) is 44.2 Å². The van der Waals surface area contributed by atoms with Crippen LogP contribution in [0.2, 0.25) is 0 Å². The predicted octanol–water partition coefficient (Wildman–Crippen LogP) is 3.34. The Kier molecular flexibility index (Phi) is 4.06. The first-order chi connectivity index (χ1) is 8.22. The van der Waals surface area contributed by atoms with Gasteiger partial charge in [-0.1, -0.05) is 19.1 Å². The number of hydrogen-bond acceptors (Lipinski definition) is 2. The molecule has 17 heavy (non-hydrogen) atoms. The molecule has 1 aromatic rings. The van der Waals surface area contributed by atoms with Crippen LogP contribution in [-0.4, -0.2) is 12.6 Å². The summed E-state index contributed by atoms with van der Waals surface area (Å²) in [4.78, 5) is 0. The molecule has 0 aliphatic heterocycles. The molecule has 0 amide bonds. The van der Waals surface area contributed by atoms with E-state index < -0.39 is 0 Å². The van der Waals surface area contributed by atoms with Crippen LogP contribution in [0.4, 0.5) is 0 Å². The molecule has 0 bridgehead atoms. The van der Waals surface area contributed by atoms with Crippen molar-refractivity contribution in [3.05, 3.63) is 28.8 Å². The van der Waals surface area contributed by atoms with E-state index in [1.165, 1.54) is 29.5 Å². The maximum absolute atomic E-state index is 5.91. The Bertz CT molecular complexity index is 383. The van der Waals surface area contributed by atoms with E-state index in [1.807, 2.05) is 0 Å². The lowest BCUT2D eigenvalue weighted by atomic mass is 10.0. The lowest BCUT2D eigenvalue weighted by Gasteiger charge is -2.16. The molecule has 0 unspecified atom stereocenters. The number of ether oxygens (including phenoxy) is 1. The van der Waals surface area contributed by atoms with Crippen molar-refractivity contribution >= 4 is 0 Å². The fourth-order valence-corrected chi connectivity index (χ4v) is 1.93. The Morgan fingerprint density at radius 2 is 2.06 bits per heavy atom. The third kappa shape index (κ3) is 3.22. The molecule has 0 spiro atoms. The van der Waals surface area contributed by atoms with E-state index in [1.54, 1.807) is 0 Å². The third-order valence-corrected chi connectivity index (χ3v) is 3.37. The lowest BCUT2D eigenvalue weighted by molar-refractivity contribution is 0.311. The van der Waals surface area contributed by atoms with Crippen LogP contribution in [0.25, 0.3) is 0 Å². The lowest BCUT2D eigenvalue weighted by Crippen LogP contribution is -2.16. The fraction of sp³-hybridized carbons (Fsp3) is 0.600. The van der Waals surface area contributed by atoms with Gasteiger partial charge in [-0.25, -0.2) is 0 Å². The Hall–Kier alpha value is -1.02. The molecule has 1 aromatic carbocycles. The number of aryl methyl sites for hydroxylation is 1. The van der Waals surface area contributed by atoms with Crippen molar-refractivity contribution in [3.63, 3.8) is 0 Å². The van der Waals surface area contributed by atoms with Crippen LogP contribution < -0.4 is 10.1 Å². The van der Waals surface area contributed by atoms with Crippen molar-refractivity contribution in [2.75, 3.05) is 6.61 Å². The van der Waals surface area contributed by atoms with Gasteiger partial charge in [0.1, 0.15) is 5.75 Å². The summed E-state index contributed by atoms with van der Waals surface area (Å²) in [6.45, 7) is 8.19. The van der Waals surface area contributed by atoms with Gasteiger partial charge in [0.25, 0.3) is 0 Å². The zero-order valence-corrected chi connectivity index (χ0v) is 11.2. The molecule has 2 rings (SSSR count). The number of nitrogens with one attached hydrogen (secondary N) is 1. The summed E-state index contributed by atoms with van der Waals surface area (Å²) in [5.74, 6) is 1.10. The molecule has 0 radical (unpaired) electrons. The van der Waals surface area contributed by atoms with Gasteiger partial charge in [0.15, 0.2) is 0 Å². The summed E-state index contributed by atoms with van der Waals surface area (Å²) in [7, 11) is 0. The molecule has 1 fully saturated rings. The first-order valence-corrected chi connectivity index (χ1v) is 6.67. The van der Waals surface area contributed by atoms with Gasteiger partial charge in [0.05, 0.1) is 6.61 Å². The molecule has 1 saturated carbocycles. The Labute approximate surface area is 104 Å². The summed E-state index contributed by atoms with van der Waals surface area (Å²) in [6, 6.07) is 5.14. The quantitative estimate of drug-likeness (QED) is 0.813. The van der Waals surface area contributed by atoms with E-state index in [0.29, 0.717) is 0 Å². The molecule has 2 heteroatoms. The Morgan fingerprint density at radius 3 is 2.71 bits per heavy atom. The van der Waals surface area contributed by atoms with Crippen LogP contribution in [0.5, 0.6) is 5.75 Å². The van der Waals surface area contributed by atoms with Crippen molar-refractivity contribution in [1.82, 2.24) is 5.32 Å². The topological polar surface area (TPSA) is 21.3 Å². The molecule has 0 heterocycles. The zero-order chi connectivity index (χ0) is 12.3. The van der Waals surface area contributed by atoms with Crippen LogP contribution in [0.3, 0.4) is 0 Å². The molecule has 94 valence electrons. The summed E-state index contributed by atoms with van der Waals surface area (Å²) in [5, 5.41) is 3.56. The van der Waals surface area contributed by atoms with Crippen LogP contribution in [0.15, 0.2) is 12.1 Å². The molecule has 0 atom stereocenters. The van der Waals surface area contributed by atoms with E-state index in [2.05, 4.69) is 38.2 Å². The first kappa shape index (κ1) is 12.4. The molecule has 1 aliphatic rings. The van der Waals surface area contributed by atoms with Crippen molar-refractivity contribution in [3.8, 4) is 5.75 Å². The van der Waals surface area contributed by atoms with Gasteiger partial charge in [0, 0.05) is 18.2 Å². The van der Waals surface area contributed by atoms with E-state index in [4.69, 9.17) is 4.74 Å². The van der Waals surface area contributed by atoms with Crippen molar-refractivity contribution < 1.29 is 4.74 Å². The first-order valence-electron chi connectivity index (χ1n) is 6.67. The van der Waals surface area contributed by atoms with Gasteiger partial charge in [0.2, 0.25) is 0 Å². The third-order valence-electron chi connectivity index (χ3n) is 3.37. The smallest absolute Gasteiger partial charge is 0.126 e.